The number of carbonyl (C=O) groups excluding carboxylic acids is 7. The highest BCUT2D eigenvalue weighted by atomic mass is 16.6. The summed E-state index contributed by atoms with van der Waals surface area (Å²) in [6.45, 7) is 4.13. The van der Waals surface area contributed by atoms with Gasteiger partial charge in [-0.05, 0) is 30.7 Å². The van der Waals surface area contributed by atoms with Gasteiger partial charge in [0.25, 0.3) is 23.6 Å². The molecular formula is C48H51N7O12. The second-order valence-corrected chi connectivity index (χ2v) is 15.9. The van der Waals surface area contributed by atoms with Gasteiger partial charge in [0.1, 0.15) is 12.6 Å². The van der Waals surface area contributed by atoms with Crippen LogP contribution in [0.15, 0.2) is 79.1 Å². The van der Waals surface area contributed by atoms with Crippen LogP contribution in [0.2, 0.25) is 0 Å². The number of imide groups is 3. The van der Waals surface area contributed by atoms with Crippen molar-refractivity contribution in [2.45, 2.75) is 25.4 Å². The van der Waals surface area contributed by atoms with E-state index >= 15 is 0 Å². The van der Waals surface area contributed by atoms with E-state index in [9.17, 15) is 33.6 Å². The average molecular weight is 918 g/mol. The number of piperidine rings is 1. The Kier molecular flexibility index (Phi) is 14.9. The minimum atomic E-state index is -1.03. The van der Waals surface area contributed by atoms with Crippen molar-refractivity contribution in [3.8, 4) is 0 Å². The number of nitrogens with zero attached hydrogens (tertiary/aromatic N) is 3. The fourth-order valence-corrected chi connectivity index (χ4v) is 8.46. The van der Waals surface area contributed by atoms with Gasteiger partial charge in [-0.1, -0.05) is 42.5 Å². The Bertz CT molecular complexity index is 2760. The summed E-state index contributed by atoms with van der Waals surface area (Å²) >= 11 is 0. The maximum absolute atomic E-state index is 13.3. The maximum atomic E-state index is 13.3. The molecule has 5 heterocycles. The van der Waals surface area contributed by atoms with Gasteiger partial charge >= 0.3 is 0 Å². The first-order valence-corrected chi connectivity index (χ1v) is 22.1. The quantitative estimate of drug-likeness (QED) is 0.0516. The van der Waals surface area contributed by atoms with Crippen LogP contribution in [0, 0.1) is 0 Å². The molecule has 67 heavy (non-hydrogen) atoms. The first-order valence-electron chi connectivity index (χ1n) is 22.1. The molecule has 0 radical (unpaired) electrons. The summed E-state index contributed by atoms with van der Waals surface area (Å²) < 4.78 is 31.6. The Labute approximate surface area is 384 Å². The fourth-order valence-electron chi connectivity index (χ4n) is 8.46. The monoisotopic (exact) mass is 917 g/mol. The number of amides is 7. The number of carbonyl (C=O) groups is 7. The van der Waals surface area contributed by atoms with Crippen LogP contribution in [0.5, 0.6) is 0 Å². The van der Waals surface area contributed by atoms with Gasteiger partial charge in [0, 0.05) is 77.6 Å². The van der Waals surface area contributed by atoms with Crippen LogP contribution in [0.25, 0.3) is 33.0 Å². The largest absolute Gasteiger partial charge is 0.382 e. The Morgan fingerprint density at radius 2 is 1.19 bits per heavy atom. The molecule has 0 saturated carbocycles. The van der Waals surface area contributed by atoms with Crippen LogP contribution in [0.3, 0.4) is 0 Å². The number of hydrogen-bond donors (Lipinski definition) is 4. The zero-order valence-electron chi connectivity index (χ0n) is 36.9. The fraction of sp³-hybridized carbons (Fsp3) is 0.354. The minimum absolute atomic E-state index is 0.00211. The third kappa shape index (κ3) is 10.4. The van der Waals surface area contributed by atoms with Gasteiger partial charge in [0.15, 0.2) is 0 Å². The molecule has 3 aliphatic heterocycles. The van der Waals surface area contributed by atoms with Gasteiger partial charge in [-0.3, -0.25) is 49.1 Å². The zero-order valence-corrected chi connectivity index (χ0v) is 36.9. The van der Waals surface area contributed by atoms with Gasteiger partial charge < -0.3 is 43.5 Å². The van der Waals surface area contributed by atoms with Crippen molar-refractivity contribution in [3.05, 3.63) is 101 Å². The summed E-state index contributed by atoms with van der Waals surface area (Å²) in [6.07, 6.45) is 3.75. The number of rotatable bonds is 24. The molecule has 8 rings (SSSR count). The summed E-state index contributed by atoms with van der Waals surface area (Å²) in [5.74, 6) is -3.41. The van der Waals surface area contributed by atoms with E-state index in [0.717, 1.165) is 26.7 Å². The number of anilines is 1. The lowest BCUT2D eigenvalue weighted by Crippen LogP contribution is -2.54. The van der Waals surface area contributed by atoms with Gasteiger partial charge in [-0.2, -0.15) is 0 Å². The Morgan fingerprint density at radius 3 is 1.84 bits per heavy atom. The highest BCUT2D eigenvalue weighted by Crippen LogP contribution is 2.39. The molecule has 7 amide bonds. The molecule has 3 aliphatic rings. The molecule has 0 bridgehead atoms. The van der Waals surface area contributed by atoms with E-state index in [1.165, 1.54) is 0 Å². The van der Waals surface area contributed by atoms with Crippen LogP contribution in [-0.2, 0) is 61.2 Å². The number of ether oxygens (including phenoxy) is 5. The number of fused-ring (bicyclic) bond motifs is 3. The average Bonchev–Trinajstić information content (AvgIpc) is 4.02. The molecule has 1 fully saturated rings. The third-order valence-corrected chi connectivity index (χ3v) is 11.6. The van der Waals surface area contributed by atoms with Crippen molar-refractivity contribution < 1.29 is 57.2 Å². The first-order chi connectivity index (χ1) is 32.6. The Hall–Kier alpha value is -7.03. The molecule has 4 N–H and O–H groups in total. The molecule has 0 spiro atoms. The molecule has 1 unspecified atom stereocenters. The molecule has 3 aromatic carbocycles. The number of aromatic nitrogens is 2. The number of benzene rings is 3. The van der Waals surface area contributed by atoms with E-state index in [-0.39, 0.29) is 48.6 Å². The summed E-state index contributed by atoms with van der Waals surface area (Å²) in [4.78, 5) is 90.7. The van der Waals surface area contributed by atoms with Crippen LogP contribution >= 0.6 is 0 Å². The lowest BCUT2D eigenvalue weighted by atomic mass is 9.95. The van der Waals surface area contributed by atoms with E-state index in [2.05, 4.69) is 21.3 Å². The molecule has 19 heteroatoms. The second-order valence-electron chi connectivity index (χ2n) is 15.9. The Morgan fingerprint density at radius 1 is 0.627 bits per heavy atom. The lowest BCUT2D eigenvalue weighted by molar-refractivity contribution is -0.136. The maximum Gasteiger partial charge on any atom is 0.264 e. The minimum Gasteiger partial charge on any atom is -0.382 e. The third-order valence-electron chi connectivity index (χ3n) is 11.6. The van der Waals surface area contributed by atoms with Gasteiger partial charge in [-0.15, -0.1) is 0 Å². The van der Waals surface area contributed by atoms with Crippen molar-refractivity contribution >= 4 is 80.0 Å². The zero-order chi connectivity index (χ0) is 46.9. The number of hydrogen-bond acceptors (Lipinski definition) is 13. The van der Waals surface area contributed by atoms with Gasteiger partial charge in [0.2, 0.25) is 17.7 Å². The van der Waals surface area contributed by atoms with Crippen molar-refractivity contribution in [1.29, 1.82) is 0 Å². The SMILES string of the molecule is Cn1cc(C2=C(c3cn(CC(=O)NCCOCCOCCOCCOCCOCCNc4cccc5c4C(=O)N(C4CCC(=O)NC4=O)C5=O)c4ccccc34)C(=O)NC2=O)c2ccccc21. The molecule has 0 aliphatic carbocycles. The van der Waals surface area contributed by atoms with E-state index in [0.29, 0.717) is 94.9 Å². The molecular weight excluding hydrogens is 867 g/mol. The molecule has 5 aromatic rings. The smallest absolute Gasteiger partial charge is 0.264 e. The van der Waals surface area contributed by atoms with Crippen molar-refractivity contribution in [2.24, 2.45) is 7.05 Å². The predicted octanol–water partition coefficient (Wildman–Crippen LogP) is 2.41. The number of nitrogens with one attached hydrogen (secondary N) is 4. The van der Waals surface area contributed by atoms with E-state index in [1.807, 2.05) is 66.3 Å². The summed E-state index contributed by atoms with van der Waals surface area (Å²) in [5, 5.41) is 12.3. The van der Waals surface area contributed by atoms with Crippen LogP contribution in [-0.4, -0.2) is 141 Å². The van der Waals surface area contributed by atoms with Crippen molar-refractivity contribution in [2.75, 3.05) is 84.5 Å². The summed E-state index contributed by atoms with van der Waals surface area (Å²) in [5.41, 5.74) is 4.35. The second kappa shape index (κ2) is 21.5. The standard InChI is InChI=1S/C48H51N7O12/c1-53-27-33(30-7-2-4-11-36(30)53)42-43(46(60)52-45(42)59)34-28-54(37-12-5-3-8-31(34)37)29-40(57)50-16-18-64-20-22-66-24-26-67-25-23-65-21-19-63-17-15-49-35-10-6-9-32-41(35)48(62)55(47(32)61)38-13-14-39(56)51-44(38)58/h2-12,27-28,38,49H,13-26,29H2,1H3,(H,50,57)(H,51,56,58)(H,52,59,60). The molecule has 1 saturated heterocycles. The van der Waals surface area contributed by atoms with Crippen molar-refractivity contribution in [3.63, 3.8) is 0 Å². The van der Waals surface area contributed by atoms with Crippen molar-refractivity contribution in [1.82, 2.24) is 30.0 Å². The van der Waals surface area contributed by atoms with Gasteiger partial charge in [-0.25, -0.2) is 0 Å². The Balaban J connectivity index is 0.659. The lowest BCUT2D eigenvalue weighted by Gasteiger charge is -2.27. The molecule has 2 aromatic heterocycles. The van der Waals surface area contributed by atoms with Crippen LogP contribution < -0.4 is 21.3 Å². The van der Waals surface area contributed by atoms with E-state index < -0.39 is 41.5 Å². The number of aryl methyl sites for hydroxylation is 1. The normalized spacial score (nSPS) is 16.1. The van der Waals surface area contributed by atoms with Gasteiger partial charge in [0.05, 0.1) is 88.3 Å². The molecule has 1 atom stereocenters. The van der Waals surface area contributed by atoms with Crippen LogP contribution in [0.4, 0.5) is 5.69 Å². The predicted molar refractivity (Wildman–Crippen MR) is 244 cm³/mol. The first kappa shape index (κ1) is 46.5. The highest BCUT2D eigenvalue weighted by Gasteiger charge is 2.45. The van der Waals surface area contributed by atoms with E-state index in [4.69, 9.17) is 23.7 Å². The highest BCUT2D eigenvalue weighted by molar-refractivity contribution is 6.50. The summed E-state index contributed by atoms with van der Waals surface area (Å²) in [7, 11) is 1.90. The van der Waals surface area contributed by atoms with Crippen LogP contribution in [0.1, 0.15) is 44.7 Å². The number of para-hydroxylation sites is 2. The topological polar surface area (TPSA) is 227 Å². The molecule has 350 valence electrons. The van der Waals surface area contributed by atoms with E-state index in [1.54, 1.807) is 29.0 Å². The molecule has 19 nitrogen and oxygen atoms in total. The summed E-state index contributed by atoms with van der Waals surface area (Å²) in [6, 6.07) is 19.0.